The van der Waals surface area contributed by atoms with Crippen LogP contribution in [0.25, 0.3) is 0 Å². The van der Waals surface area contributed by atoms with E-state index in [9.17, 15) is 9.59 Å². The molecule has 1 fully saturated rings. The first-order valence-electron chi connectivity index (χ1n) is 7.22. The summed E-state index contributed by atoms with van der Waals surface area (Å²) in [4.78, 5) is 24.2. The molecule has 2 atom stereocenters. The molecule has 1 heterocycles. The molecule has 3 rings (SSSR count). The Morgan fingerprint density at radius 3 is 2.12 bits per heavy atom. The van der Waals surface area contributed by atoms with Crippen LogP contribution in [0.4, 0.5) is 0 Å². The number of hydrazine groups is 1. The van der Waals surface area contributed by atoms with E-state index in [1.807, 2.05) is 0 Å². The molecule has 2 unspecified atom stereocenters. The van der Waals surface area contributed by atoms with E-state index in [-0.39, 0.29) is 18.2 Å². The van der Waals surface area contributed by atoms with E-state index in [4.69, 9.17) is 34.8 Å². The second kappa shape index (κ2) is 7.01. The molecule has 1 saturated heterocycles. The molecule has 24 heavy (non-hydrogen) atoms. The van der Waals surface area contributed by atoms with Crippen LogP contribution in [0.5, 0.6) is 0 Å². The quantitative estimate of drug-likeness (QED) is 0.645. The molecule has 0 aliphatic carbocycles. The number of halogens is 3. The van der Waals surface area contributed by atoms with Gasteiger partial charge in [0.25, 0.3) is 5.91 Å². The van der Waals surface area contributed by atoms with Gasteiger partial charge in [-0.3, -0.25) is 15.0 Å². The van der Waals surface area contributed by atoms with Crippen molar-refractivity contribution in [3.05, 3.63) is 69.7 Å². The van der Waals surface area contributed by atoms with Gasteiger partial charge in [-0.2, -0.15) is 0 Å². The molecular formula is C17H13Cl3N2O2. The Hall–Kier alpha value is -1.75. The smallest absolute Gasteiger partial charge is 0.262 e. The standard InChI is InChI=1S/C17H13Cl3N2O2/c18-12-5-1-10(2-6-12)9-14(23)21-22-16(15(20)17(22)24)11-3-7-13(19)8-4-11/h1-8,15-16H,9H2,(H,21,23). The molecule has 0 saturated carbocycles. The Kier molecular flexibility index (Phi) is 4.99. The van der Waals surface area contributed by atoms with Gasteiger partial charge in [-0.15, -0.1) is 11.6 Å². The van der Waals surface area contributed by atoms with Crippen LogP contribution >= 0.6 is 34.8 Å². The lowest BCUT2D eigenvalue weighted by Gasteiger charge is -2.44. The fourth-order valence-electron chi connectivity index (χ4n) is 2.52. The number of hydrogen-bond acceptors (Lipinski definition) is 2. The predicted molar refractivity (Wildman–Crippen MR) is 94.0 cm³/mol. The summed E-state index contributed by atoms with van der Waals surface area (Å²) in [7, 11) is 0. The summed E-state index contributed by atoms with van der Waals surface area (Å²) < 4.78 is 0. The Morgan fingerprint density at radius 1 is 1.00 bits per heavy atom. The highest BCUT2D eigenvalue weighted by Gasteiger charge is 2.48. The summed E-state index contributed by atoms with van der Waals surface area (Å²) >= 11 is 17.8. The van der Waals surface area contributed by atoms with Crippen LogP contribution in [-0.2, 0) is 16.0 Å². The molecule has 2 aromatic rings. The number of carbonyl (C=O) groups excluding carboxylic acids is 2. The Balaban J connectivity index is 1.68. The fraction of sp³-hybridized carbons (Fsp3) is 0.176. The summed E-state index contributed by atoms with van der Waals surface area (Å²) in [5.41, 5.74) is 4.23. The lowest BCUT2D eigenvalue weighted by molar-refractivity contribution is -0.156. The Morgan fingerprint density at radius 2 is 1.54 bits per heavy atom. The molecule has 0 spiro atoms. The number of carbonyl (C=O) groups is 2. The largest absolute Gasteiger partial charge is 0.273 e. The third kappa shape index (κ3) is 3.51. The van der Waals surface area contributed by atoms with Crippen molar-refractivity contribution in [2.75, 3.05) is 0 Å². The summed E-state index contributed by atoms with van der Waals surface area (Å²) in [6, 6.07) is 13.6. The van der Waals surface area contributed by atoms with Crippen LogP contribution in [0.1, 0.15) is 17.2 Å². The summed E-state index contributed by atoms with van der Waals surface area (Å²) in [5, 5.41) is 1.75. The highest BCUT2D eigenvalue weighted by atomic mass is 35.5. The van der Waals surface area contributed by atoms with Gasteiger partial charge in [-0.25, -0.2) is 5.01 Å². The first-order chi connectivity index (χ1) is 11.5. The van der Waals surface area contributed by atoms with Gasteiger partial charge in [0.2, 0.25) is 5.91 Å². The molecule has 1 aliphatic rings. The lowest BCUT2D eigenvalue weighted by Crippen LogP contribution is -2.63. The maximum Gasteiger partial charge on any atom is 0.262 e. The van der Waals surface area contributed by atoms with Gasteiger partial charge < -0.3 is 0 Å². The molecule has 0 radical (unpaired) electrons. The fourth-order valence-corrected chi connectivity index (χ4v) is 3.13. The van der Waals surface area contributed by atoms with Crippen molar-refractivity contribution in [1.29, 1.82) is 0 Å². The van der Waals surface area contributed by atoms with Crippen LogP contribution in [0.3, 0.4) is 0 Å². The van der Waals surface area contributed by atoms with Crippen LogP contribution < -0.4 is 5.43 Å². The van der Waals surface area contributed by atoms with Gasteiger partial charge in [-0.1, -0.05) is 47.5 Å². The predicted octanol–water partition coefficient (Wildman–Crippen LogP) is 3.76. The molecule has 0 aromatic heterocycles. The van der Waals surface area contributed by atoms with E-state index in [2.05, 4.69) is 5.43 Å². The molecule has 124 valence electrons. The maximum absolute atomic E-state index is 12.2. The van der Waals surface area contributed by atoms with Crippen molar-refractivity contribution < 1.29 is 9.59 Å². The first-order valence-corrected chi connectivity index (χ1v) is 8.41. The summed E-state index contributed by atoms with van der Waals surface area (Å²) in [6.45, 7) is 0. The van der Waals surface area contributed by atoms with Crippen molar-refractivity contribution in [2.45, 2.75) is 17.8 Å². The minimum Gasteiger partial charge on any atom is -0.273 e. The monoisotopic (exact) mass is 382 g/mol. The average Bonchev–Trinajstić information content (AvgIpc) is 2.58. The molecule has 0 bridgehead atoms. The average molecular weight is 384 g/mol. The topological polar surface area (TPSA) is 49.4 Å². The minimum atomic E-state index is -0.706. The van der Waals surface area contributed by atoms with Crippen LogP contribution in [-0.4, -0.2) is 22.2 Å². The Bertz CT molecular complexity index is 762. The molecular weight excluding hydrogens is 371 g/mol. The third-order valence-corrected chi connectivity index (χ3v) is 4.69. The van der Waals surface area contributed by atoms with Gasteiger partial charge in [0, 0.05) is 10.0 Å². The first kappa shape index (κ1) is 17.1. The van der Waals surface area contributed by atoms with E-state index < -0.39 is 11.4 Å². The number of β-lactam (4-membered cyclic amide) rings is 1. The number of alkyl halides is 1. The van der Waals surface area contributed by atoms with E-state index >= 15 is 0 Å². The summed E-state index contributed by atoms with van der Waals surface area (Å²) in [5.74, 6) is -0.630. The highest BCUT2D eigenvalue weighted by molar-refractivity contribution is 6.33. The summed E-state index contributed by atoms with van der Waals surface area (Å²) in [6.07, 6.45) is 0.140. The van der Waals surface area contributed by atoms with Crippen molar-refractivity contribution in [3.8, 4) is 0 Å². The zero-order valence-electron chi connectivity index (χ0n) is 12.4. The van der Waals surface area contributed by atoms with Gasteiger partial charge >= 0.3 is 0 Å². The third-order valence-electron chi connectivity index (χ3n) is 3.76. The second-order valence-corrected chi connectivity index (χ2v) is 6.79. The number of nitrogens with one attached hydrogen (secondary N) is 1. The van der Waals surface area contributed by atoms with Gasteiger partial charge in [0.15, 0.2) is 0 Å². The molecule has 2 amide bonds. The minimum absolute atomic E-state index is 0.140. The normalized spacial score (nSPS) is 19.8. The number of amides is 2. The van der Waals surface area contributed by atoms with Crippen LogP contribution in [0.2, 0.25) is 10.0 Å². The molecule has 7 heteroatoms. The molecule has 2 aromatic carbocycles. The number of nitrogens with zero attached hydrogens (tertiary/aromatic N) is 1. The second-order valence-electron chi connectivity index (χ2n) is 5.44. The van der Waals surface area contributed by atoms with Crippen molar-refractivity contribution >= 4 is 46.6 Å². The zero-order chi connectivity index (χ0) is 17.3. The van der Waals surface area contributed by atoms with E-state index in [0.717, 1.165) is 11.1 Å². The van der Waals surface area contributed by atoms with Crippen molar-refractivity contribution in [3.63, 3.8) is 0 Å². The molecule has 1 aliphatic heterocycles. The Labute approximate surface area is 154 Å². The zero-order valence-corrected chi connectivity index (χ0v) is 14.6. The van der Waals surface area contributed by atoms with Crippen LogP contribution in [0.15, 0.2) is 48.5 Å². The SMILES string of the molecule is O=C(Cc1ccc(Cl)cc1)NN1C(=O)C(Cl)C1c1ccc(Cl)cc1. The van der Waals surface area contributed by atoms with Crippen molar-refractivity contribution in [2.24, 2.45) is 0 Å². The van der Waals surface area contributed by atoms with E-state index in [1.54, 1.807) is 48.5 Å². The maximum atomic E-state index is 12.2. The van der Waals surface area contributed by atoms with Gasteiger partial charge in [0.05, 0.1) is 6.42 Å². The highest BCUT2D eigenvalue weighted by Crippen LogP contribution is 2.37. The van der Waals surface area contributed by atoms with E-state index in [0.29, 0.717) is 10.0 Å². The molecule has 4 nitrogen and oxygen atoms in total. The molecule has 1 N–H and O–H groups in total. The van der Waals surface area contributed by atoms with Gasteiger partial charge in [0.1, 0.15) is 11.4 Å². The van der Waals surface area contributed by atoms with Crippen LogP contribution in [0, 0.1) is 0 Å². The van der Waals surface area contributed by atoms with Gasteiger partial charge in [-0.05, 0) is 35.4 Å². The van der Waals surface area contributed by atoms with E-state index in [1.165, 1.54) is 5.01 Å². The lowest BCUT2D eigenvalue weighted by atomic mass is 9.95. The van der Waals surface area contributed by atoms with Crippen molar-refractivity contribution in [1.82, 2.24) is 10.4 Å². The number of rotatable bonds is 4. The number of hydrogen-bond donors (Lipinski definition) is 1. The number of benzene rings is 2.